The van der Waals surface area contributed by atoms with Crippen molar-refractivity contribution in [1.29, 1.82) is 0 Å². The molecule has 21 heavy (non-hydrogen) atoms. The van der Waals surface area contributed by atoms with Gasteiger partial charge in [0.25, 0.3) is 0 Å². The zero-order valence-corrected chi connectivity index (χ0v) is 13.1. The summed E-state index contributed by atoms with van der Waals surface area (Å²) in [5.74, 6) is -1.21. The molecule has 7 heteroatoms. The second-order valence-electron chi connectivity index (χ2n) is 4.05. The Morgan fingerprint density at radius 2 is 1.86 bits per heavy atom. The lowest BCUT2D eigenvalue weighted by Crippen LogP contribution is -2.20. The fraction of sp³-hybridized carbons (Fsp3) is 0.429. The number of ether oxygens (including phenoxy) is 1. The molecule has 0 aromatic heterocycles. The van der Waals surface area contributed by atoms with Gasteiger partial charge in [0.2, 0.25) is 0 Å². The predicted octanol–water partition coefficient (Wildman–Crippen LogP) is 2.07. The van der Waals surface area contributed by atoms with Crippen molar-refractivity contribution in [3.63, 3.8) is 0 Å². The van der Waals surface area contributed by atoms with Crippen molar-refractivity contribution in [3.05, 3.63) is 29.3 Å². The highest BCUT2D eigenvalue weighted by molar-refractivity contribution is 7.86. The smallest absolute Gasteiger partial charge is 0.337 e. The van der Waals surface area contributed by atoms with Gasteiger partial charge in [-0.2, -0.15) is 0 Å². The number of hydrogen-bond acceptors (Lipinski definition) is 4. The van der Waals surface area contributed by atoms with E-state index in [1.54, 1.807) is 4.31 Å². The minimum atomic E-state index is -1.17. The van der Waals surface area contributed by atoms with Crippen LogP contribution in [0.4, 0.5) is 5.69 Å². The molecular formula is C14H19NO5S. The second-order valence-corrected chi connectivity index (χ2v) is 5.54. The van der Waals surface area contributed by atoms with Crippen LogP contribution in [-0.2, 0) is 15.7 Å². The first kappa shape index (κ1) is 17.2. The third-order valence-corrected chi connectivity index (χ3v) is 4.32. The molecule has 0 aliphatic carbocycles. The average Bonchev–Trinajstić information content (AvgIpc) is 2.94. The summed E-state index contributed by atoms with van der Waals surface area (Å²) in [6.07, 6.45) is 0.775. The van der Waals surface area contributed by atoms with Crippen LogP contribution in [0, 0.1) is 0 Å². The van der Waals surface area contributed by atoms with Gasteiger partial charge in [0.15, 0.2) is 0 Å². The van der Waals surface area contributed by atoms with E-state index < -0.39 is 22.9 Å². The number of anilines is 1. The highest BCUT2D eigenvalue weighted by Gasteiger charge is 2.23. The molecule has 0 bridgehead atoms. The van der Waals surface area contributed by atoms with Gasteiger partial charge in [0, 0.05) is 12.3 Å². The first-order valence-corrected chi connectivity index (χ1v) is 7.93. The summed E-state index contributed by atoms with van der Waals surface area (Å²) < 4.78 is 18.0. The number of carbonyl (C=O) groups excluding carboxylic acids is 1. The molecule has 6 nitrogen and oxygen atoms in total. The molecule has 0 radical (unpaired) electrons. The van der Waals surface area contributed by atoms with Crippen molar-refractivity contribution >= 4 is 28.6 Å². The largest absolute Gasteiger partial charge is 0.478 e. The molecule has 2 rings (SSSR count). The van der Waals surface area contributed by atoms with Gasteiger partial charge in [-0.15, -0.1) is 0 Å². The maximum absolute atomic E-state index is 11.8. The highest BCUT2D eigenvalue weighted by atomic mass is 32.2. The normalized spacial score (nSPS) is 16.9. The van der Waals surface area contributed by atoms with Gasteiger partial charge in [-0.05, 0) is 24.6 Å². The number of aromatic carboxylic acids is 1. The zero-order valence-electron chi connectivity index (χ0n) is 12.3. The molecule has 1 heterocycles. The molecule has 116 valence electrons. The molecule has 1 atom stereocenters. The van der Waals surface area contributed by atoms with Crippen molar-refractivity contribution in [2.24, 2.45) is 0 Å². The van der Waals surface area contributed by atoms with E-state index in [4.69, 9.17) is 5.11 Å². The van der Waals surface area contributed by atoms with Crippen LogP contribution < -0.4 is 4.31 Å². The maximum Gasteiger partial charge on any atom is 0.337 e. The van der Waals surface area contributed by atoms with Crippen molar-refractivity contribution in [2.45, 2.75) is 20.3 Å². The van der Waals surface area contributed by atoms with Crippen LogP contribution in [0.5, 0.6) is 0 Å². The summed E-state index contributed by atoms with van der Waals surface area (Å²) in [5.41, 5.74) is 0.583. The summed E-state index contributed by atoms with van der Waals surface area (Å²) in [7, 11) is 0.0574. The molecule has 1 unspecified atom stereocenters. The van der Waals surface area contributed by atoms with Crippen molar-refractivity contribution in [1.82, 2.24) is 0 Å². The van der Waals surface area contributed by atoms with Crippen LogP contribution in [0.15, 0.2) is 18.2 Å². The standard InChI is InChI=1S/C12H13NO5S.C2H6/c1-18-12(16)9-5-8(11(14)15)6-10(7-9)13-3-2-4-19(13)17;1-2/h5-7H,2-4H2,1H3,(H,14,15);1-2H3. The Bertz CT molecular complexity index is 558. The number of methoxy groups -OCH3 is 1. The van der Waals surface area contributed by atoms with E-state index in [2.05, 4.69) is 4.74 Å². The minimum absolute atomic E-state index is 0.0261. The number of esters is 1. The van der Waals surface area contributed by atoms with Crippen LogP contribution in [0.25, 0.3) is 0 Å². The zero-order chi connectivity index (χ0) is 16.0. The molecular weight excluding hydrogens is 294 g/mol. The lowest BCUT2D eigenvalue weighted by molar-refractivity contribution is 0.0600. The summed E-state index contributed by atoms with van der Waals surface area (Å²) in [4.78, 5) is 22.6. The Hall–Kier alpha value is -1.89. The quantitative estimate of drug-likeness (QED) is 0.864. The van der Waals surface area contributed by atoms with E-state index in [9.17, 15) is 13.8 Å². The minimum Gasteiger partial charge on any atom is -0.478 e. The van der Waals surface area contributed by atoms with Gasteiger partial charge in [-0.1, -0.05) is 13.8 Å². The fourth-order valence-corrected chi connectivity index (χ4v) is 3.17. The Kier molecular flexibility index (Phi) is 6.36. The Morgan fingerprint density at radius 3 is 2.33 bits per heavy atom. The molecule has 1 fully saturated rings. The average molecular weight is 313 g/mol. The van der Waals surface area contributed by atoms with Crippen LogP contribution >= 0.6 is 0 Å². The van der Waals surface area contributed by atoms with E-state index in [0.29, 0.717) is 18.0 Å². The topological polar surface area (TPSA) is 83.9 Å². The number of nitrogens with zero attached hydrogens (tertiary/aromatic N) is 1. The van der Waals surface area contributed by atoms with E-state index in [1.807, 2.05) is 13.8 Å². The number of carbonyl (C=O) groups is 2. The lowest BCUT2D eigenvalue weighted by Gasteiger charge is -2.17. The maximum atomic E-state index is 11.8. The summed E-state index contributed by atoms with van der Waals surface area (Å²) in [6.45, 7) is 4.58. The first-order valence-electron chi connectivity index (χ1n) is 6.65. The van der Waals surface area contributed by atoms with Gasteiger partial charge in [-0.25, -0.2) is 13.8 Å². The number of carboxylic acids is 1. The molecule has 1 aromatic carbocycles. The Labute approximate surface area is 126 Å². The van der Waals surface area contributed by atoms with Crippen molar-refractivity contribution in [2.75, 3.05) is 23.7 Å². The van der Waals surface area contributed by atoms with E-state index in [-0.39, 0.29) is 11.1 Å². The van der Waals surface area contributed by atoms with Gasteiger partial charge >= 0.3 is 11.9 Å². The summed E-state index contributed by atoms with van der Waals surface area (Å²) in [5, 5.41) is 9.05. The third-order valence-electron chi connectivity index (χ3n) is 2.80. The Balaban J connectivity index is 0.00000106. The monoisotopic (exact) mass is 313 g/mol. The van der Waals surface area contributed by atoms with Crippen LogP contribution in [0.1, 0.15) is 41.0 Å². The van der Waals surface area contributed by atoms with E-state index >= 15 is 0 Å². The van der Waals surface area contributed by atoms with Gasteiger partial charge < -0.3 is 9.84 Å². The first-order chi connectivity index (χ1) is 10.0. The van der Waals surface area contributed by atoms with Gasteiger partial charge in [-0.3, -0.25) is 4.31 Å². The Morgan fingerprint density at radius 1 is 1.24 bits per heavy atom. The van der Waals surface area contributed by atoms with Crippen LogP contribution in [0.2, 0.25) is 0 Å². The molecule has 1 N–H and O–H groups in total. The molecule has 1 aromatic rings. The number of rotatable bonds is 3. The SMILES string of the molecule is CC.COC(=O)c1cc(C(=O)O)cc(N2CCCS2=O)c1. The lowest BCUT2D eigenvalue weighted by atomic mass is 10.1. The highest BCUT2D eigenvalue weighted by Crippen LogP contribution is 2.25. The molecule has 0 spiro atoms. The third kappa shape index (κ3) is 4.04. The van der Waals surface area contributed by atoms with Crippen molar-refractivity contribution < 1.29 is 23.6 Å². The van der Waals surface area contributed by atoms with Gasteiger partial charge in [0.05, 0.1) is 23.9 Å². The van der Waals surface area contributed by atoms with Gasteiger partial charge in [0.1, 0.15) is 11.0 Å². The fourth-order valence-electron chi connectivity index (χ4n) is 1.90. The second kappa shape index (κ2) is 7.78. The summed E-state index contributed by atoms with van der Waals surface area (Å²) in [6, 6.07) is 4.16. The molecule has 1 aliphatic rings. The van der Waals surface area contributed by atoms with E-state index in [0.717, 1.165) is 6.42 Å². The van der Waals surface area contributed by atoms with Crippen molar-refractivity contribution in [3.8, 4) is 0 Å². The number of benzene rings is 1. The molecule has 1 aliphatic heterocycles. The predicted molar refractivity (Wildman–Crippen MR) is 81.1 cm³/mol. The van der Waals surface area contributed by atoms with Crippen LogP contribution in [-0.4, -0.2) is 40.7 Å². The van der Waals surface area contributed by atoms with E-state index in [1.165, 1.54) is 25.3 Å². The molecule has 0 amide bonds. The number of hydrogen-bond donors (Lipinski definition) is 1. The summed E-state index contributed by atoms with van der Waals surface area (Å²) >= 11 is 0. The molecule has 1 saturated heterocycles. The molecule has 0 saturated carbocycles. The van der Waals surface area contributed by atoms with Crippen LogP contribution in [0.3, 0.4) is 0 Å². The number of carboxylic acid groups (broad SMARTS) is 1.